The van der Waals surface area contributed by atoms with E-state index in [1.165, 1.54) is 0 Å². The van der Waals surface area contributed by atoms with E-state index in [0.29, 0.717) is 6.07 Å². The Labute approximate surface area is 151 Å². The van der Waals surface area contributed by atoms with Crippen LogP contribution in [0.2, 0.25) is 0 Å². The first-order chi connectivity index (χ1) is 11.9. The van der Waals surface area contributed by atoms with Crippen LogP contribution in [0, 0.1) is 26.0 Å². The predicted molar refractivity (Wildman–Crippen MR) is 86.9 cm³/mol. The van der Waals surface area contributed by atoms with Gasteiger partial charge in [0.25, 0.3) is 11.4 Å². The molecule has 0 saturated heterocycles. The number of hydrogen-bond acceptors (Lipinski definition) is 5. The third kappa shape index (κ3) is 3.74. The maximum Gasteiger partial charge on any atom is 0.418 e. The van der Waals surface area contributed by atoms with Crippen molar-refractivity contribution in [3.05, 3.63) is 66.4 Å². The highest BCUT2D eigenvalue weighted by Crippen LogP contribution is 2.46. The molecule has 2 aromatic carbocycles. The van der Waals surface area contributed by atoms with Crippen molar-refractivity contribution >= 4 is 38.7 Å². The van der Waals surface area contributed by atoms with Gasteiger partial charge in [-0.15, -0.1) is 0 Å². The summed E-state index contributed by atoms with van der Waals surface area (Å²) in [6.45, 7) is 0. The molecule has 12 heteroatoms. The largest absolute Gasteiger partial charge is 0.418 e. The Morgan fingerprint density at radius 1 is 1.08 bits per heavy atom. The minimum absolute atomic E-state index is 0.00569. The summed E-state index contributed by atoms with van der Waals surface area (Å²) in [7, 11) is 1.10. The molecule has 2 rings (SSSR count). The van der Waals surface area contributed by atoms with Gasteiger partial charge in [-0.2, -0.15) is 13.2 Å². The van der Waals surface area contributed by atoms with E-state index < -0.39 is 44.5 Å². The fourth-order valence-electron chi connectivity index (χ4n) is 2.29. The Morgan fingerprint density at radius 2 is 1.69 bits per heavy atom. The molecule has 0 amide bonds. The van der Waals surface area contributed by atoms with Crippen LogP contribution >= 0.6 is 15.9 Å². The number of nitro groups is 2. The number of alkyl halides is 3. The molecule has 0 fully saturated rings. The maximum absolute atomic E-state index is 13.4. The highest BCUT2D eigenvalue weighted by Gasteiger charge is 2.41. The summed E-state index contributed by atoms with van der Waals surface area (Å²) < 4.78 is 53.6. The Morgan fingerprint density at radius 3 is 2.15 bits per heavy atom. The number of anilines is 2. The molecule has 0 bridgehead atoms. The molecule has 0 N–H and O–H groups in total. The minimum atomic E-state index is -5.10. The summed E-state index contributed by atoms with van der Waals surface area (Å²) in [4.78, 5) is 20.6. The molecule has 138 valence electrons. The van der Waals surface area contributed by atoms with E-state index in [1.54, 1.807) is 0 Å². The first kappa shape index (κ1) is 19.6. The van der Waals surface area contributed by atoms with Crippen molar-refractivity contribution in [3.8, 4) is 0 Å². The van der Waals surface area contributed by atoms with Crippen LogP contribution in [0.15, 0.2) is 34.8 Å². The summed E-state index contributed by atoms with van der Waals surface area (Å²) in [5, 5.41) is 22.1. The van der Waals surface area contributed by atoms with Gasteiger partial charge in [0, 0.05) is 17.6 Å². The van der Waals surface area contributed by atoms with Crippen molar-refractivity contribution in [2.45, 2.75) is 6.18 Å². The fraction of sp³-hybridized carbons (Fsp3) is 0.143. The summed E-state index contributed by atoms with van der Waals surface area (Å²) >= 11 is 2.98. The van der Waals surface area contributed by atoms with Gasteiger partial charge >= 0.3 is 6.18 Å². The standard InChI is InChI=1S/C14H8BrF4N3O4/c1-20(11-3-2-7(16)4-10(11)15)13-9(14(17,18)19)5-8(21(23)24)6-12(13)22(25)26/h2-6H,1H3. The average Bonchev–Trinajstić information content (AvgIpc) is 2.52. The Bertz CT molecular complexity index is 904. The van der Waals surface area contributed by atoms with Crippen molar-refractivity contribution in [2.24, 2.45) is 0 Å². The molecule has 0 atom stereocenters. The van der Waals surface area contributed by atoms with E-state index in [-0.39, 0.29) is 16.2 Å². The number of nitro benzene ring substituents is 2. The summed E-state index contributed by atoms with van der Waals surface area (Å²) in [6, 6.07) is 3.71. The lowest BCUT2D eigenvalue weighted by Gasteiger charge is -2.24. The van der Waals surface area contributed by atoms with Crippen LogP contribution in [-0.2, 0) is 6.18 Å². The molecule has 0 aromatic heterocycles. The van der Waals surface area contributed by atoms with Crippen molar-refractivity contribution in [3.63, 3.8) is 0 Å². The summed E-state index contributed by atoms with van der Waals surface area (Å²) in [6.07, 6.45) is -5.10. The van der Waals surface area contributed by atoms with E-state index in [0.717, 1.165) is 30.1 Å². The van der Waals surface area contributed by atoms with Gasteiger partial charge in [-0.25, -0.2) is 4.39 Å². The molecule has 0 unspecified atom stereocenters. The topological polar surface area (TPSA) is 89.5 Å². The molecular formula is C14H8BrF4N3O4. The third-order valence-electron chi connectivity index (χ3n) is 3.39. The highest BCUT2D eigenvalue weighted by atomic mass is 79.9. The van der Waals surface area contributed by atoms with E-state index in [1.807, 2.05) is 0 Å². The van der Waals surface area contributed by atoms with Crippen LogP contribution in [0.5, 0.6) is 0 Å². The van der Waals surface area contributed by atoms with E-state index >= 15 is 0 Å². The van der Waals surface area contributed by atoms with Crippen LogP contribution < -0.4 is 4.90 Å². The molecule has 7 nitrogen and oxygen atoms in total. The zero-order chi connectivity index (χ0) is 19.8. The van der Waals surface area contributed by atoms with Crippen LogP contribution in [0.25, 0.3) is 0 Å². The van der Waals surface area contributed by atoms with Crippen LogP contribution in [0.3, 0.4) is 0 Å². The molecule has 0 aliphatic carbocycles. The molecule has 26 heavy (non-hydrogen) atoms. The molecule has 0 radical (unpaired) electrons. The van der Waals surface area contributed by atoms with Gasteiger partial charge in [0.1, 0.15) is 11.5 Å². The first-order valence-electron chi connectivity index (χ1n) is 6.66. The quantitative estimate of drug-likeness (QED) is 0.372. The smallest absolute Gasteiger partial charge is 0.338 e. The summed E-state index contributed by atoms with van der Waals surface area (Å²) in [5.41, 5.74) is -4.64. The second-order valence-corrected chi connectivity index (χ2v) is 5.88. The number of benzene rings is 2. The predicted octanol–water partition coefficient (Wildman–Crippen LogP) is 5.19. The molecule has 0 saturated carbocycles. The van der Waals surface area contributed by atoms with Crippen molar-refractivity contribution in [2.75, 3.05) is 11.9 Å². The second-order valence-electron chi connectivity index (χ2n) is 5.03. The number of nitrogens with zero attached hydrogens (tertiary/aromatic N) is 3. The molecule has 0 spiro atoms. The maximum atomic E-state index is 13.4. The molecule has 0 aliphatic heterocycles. The van der Waals surface area contributed by atoms with Crippen LogP contribution in [0.4, 0.5) is 40.3 Å². The SMILES string of the molecule is CN(c1ccc(F)cc1Br)c1c([N+](=O)[O-])cc([N+](=O)[O-])cc1C(F)(F)F. The lowest BCUT2D eigenvalue weighted by atomic mass is 10.1. The van der Waals surface area contributed by atoms with Crippen LogP contribution in [-0.4, -0.2) is 16.9 Å². The highest BCUT2D eigenvalue weighted by molar-refractivity contribution is 9.10. The normalized spacial score (nSPS) is 11.3. The van der Waals surface area contributed by atoms with Crippen LogP contribution in [0.1, 0.15) is 5.56 Å². The van der Waals surface area contributed by atoms with Gasteiger partial charge in [0.15, 0.2) is 0 Å². The zero-order valence-electron chi connectivity index (χ0n) is 12.8. The Kier molecular flexibility index (Phi) is 5.16. The monoisotopic (exact) mass is 437 g/mol. The van der Waals surface area contributed by atoms with Gasteiger partial charge in [-0.3, -0.25) is 20.2 Å². The number of halogens is 5. The number of non-ortho nitro benzene ring substituents is 1. The van der Waals surface area contributed by atoms with E-state index in [9.17, 15) is 37.8 Å². The zero-order valence-corrected chi connectivity index (χ0v) is 14.3. The first-order valence-corrected chi connectivity index (χ1v) is 7.45. The van der Waals surface area contributed by atoms with Crippen molar-refractivity contribution < 1.29 is 27.4 Å². The molecule has 0 aliphatic rings. The van der Waals surface area contributed by atoms with Crippen molar-refractivity contribution in [1.29, 1.82) is 0 Å². The Balaban J connectivity index is 2.84. The van der Waals surface area contributed by atoms with E-state index in [2.05, 4.69) is 15.9 Å². The van der Waals surface area contributed by atoms with Gasteiger partial charge in [-0.1, -0.05) is 0 Å². The lowest BCUT2D eigenvalue weighted by Crippen LogP contribution is -2.19. The molecule has 0 heterocycles. The van der Waals surface area contributed by atoms with Gasteiger partial charge in [0.05, 0.1) is 27.2 Å². The lowest BCUT2D eigenvalue weighted by molar-refractivity contribution is -0.394. The van der Waals surface area contributed by atoms with Gasteiger partial charge in [0.2, 0.25) is 0 Å². The van der Waals surface area contributed by atoms with Crippen molar-refractivity contribution in [1.82, 2.24) is 0 Å². The Hall–Kier alpha value is -2.76. The minimum Gasteiger partial charge on any atom is -0.338 e. The number of hydrogen-bond donors (Lipinski definition) is 0. The van der Waals surface area contributed by atoms with Gasteiger partial charge < -0.3 is 4.90 Å². The average molecular weight is 438 g/mol. The van der Waals surface area contributed by atoms with E-state index in [4.69, 9.17) is 0 Å². The van der Waals surface area contributed by atoms with Gasteiger partial charge in [-0.05, 0) is 34.1 Å². The second kappa shape index (κ2) is 6.86. The number of rotatable bonds is 4. The summed E-state index contributed by atoms with van der Waals surface area (Å²) in [5.74, 6) is -0.678. The molecule has 2 aromatic rings. The fourth-order valence-corrected chi connectivity index (χ4v) is 2.91. The third-order valence-corrected chi connectivity index (χ3v) is 4.03. The molecular weight excluding hydrogens is 430 g/mol.